The number of hydrogen-bond acceptors (Lipinski definition) is 6. The maximum absolute atomic E-state index is 12.6. The molecule has 0 aliphatic heterocycles. The van der Waals surface area contributed by atoms with Gasteiger partial charge in [0.25, 0.3) is 6.43 Å². The molecule has 0 aliphatic carbocycles. The number of rotatable bonds is 5. The largest absolute Gasteiger partial charge is 0.339 e. The summed E-state index contributed by atoms with van der Waals surface area (Å²) in [5.74, 6) is 0.804. The van der Waals surface area contributed by atoms with Crippen molar-refractivity contribution in [1.29, 1.82) is 0 Å². The van der Waals surface area contributed by atoms with Crippen LogP contribution in [0.25, 0.3) is 22.4 Å². The molecule has 4 aromatic heterocycles. The van der Waals surface area contributed by atoms with Crippen molar-refractivity contribution in [3.05, 3.63) is 52.4 Å². The SMILES string of the molecule is Cc1nc2c(c(C)nn2C)c(C)c1CCc1nc(-c2ccc(C(F)F)nc2)no1. The Balaban J connectivity index is 1.55. The highest BCUT2D eigenvalue weighted by atomic mass is 19.3. The lowest BCUT2D eigenvalue weighted by molar-refractivity contribution is 0.146. The third kappa shape index (κ3) is 3.48. The van der Waals surface area contributed by atoms with E-state index in [0.29, 0.717) is 30.1 Å². The quantitative estimate of drug-likeness (QED) is 0.504. The number of pyridine rings is 2. The van der Waals surface area contributed by atoms with Crippen molar-refractivity contribution in [2.24, 2.45) is 7.05 Å². The average Bonchev–Trinajstić information content (AvgIpc) is 3.26. The molecule has 0 N–H and O–H groups in total. The third-order valence-electron chi connectivity index (χ3n) is 5.06. The van der Waals surface area contributed by atoms with E-state index in [-0.39, 0.29) is 5.69 Å². The topological polar surface area (TPSA) is 82.5 Å². The molecule has 0 spiro atoms. The van der Waals surface area contributed by atoms with Gasteiger partial charge in [-0.15, -0.1) is 0 Å². The number of nitrogens with zero attached hydrogens (tertiary/aromatic N) is 6. The Labute approximate surface area is 165 Å². The van der Waals surface area contributed by atoms with E-state index < -0.39 is 6.43 Å². The zero-order chi connectivity index (χ0) is 20.7. The predicted octanol–water partition coefficient (Wildman–Crippen LogP) is 4.06. The van der Waals surface area contributed by atoms with Crippen LogP contribution in [-0.2, 0) is 19.9 Å². The van der Waals surface area contributed by atoms with Gasteiger partial charge in [-0.05, 0) is 50.5 Å². The van der Waals surface area contributed by atoms with Crippen LogP contribution in [-0.4, -0.2) is 29.9 Å². The average molecular weight is 398 g/mol. The Bertz CT molecular complexity index is 1180. The molecule has 0 bridgehead atoms. The minimum Gasteiger partial charge on any atom is -0.339 e. The van der Waals surface area contributed by atoms with Crippen LogP contribution in [0.2, 0.25) is 0 Å². The van der Waals surface area contributed by atoms with Gasteiger partial charge in [0.1, 0.15) is 5.69 Å². The normalized spacial score (nSPS) is 11.7. The molecule has 29 heavy (non-hydrogen) atoms. The van der Waals surface area contributed by atoms with E-state index in [1.807, 2.05) is 20.9 Å². The number of halogens is 2. The van der Waals surface area contributed by atoms with Crippen LogP contribution < -0.4 is 0 Å². The molecular weight excluding hydrogens is 378 g/mol. The Hall–Kier alpha value is -3.23. The van der Waals surface area contributed by atoms with Gasteiger partial charge < -0.3 is 4.52 Å². The molecule has 9 heteroatoms. The second-order valence-corrected chi connectivity index (χ2v) is 6.99. The highest BCUT2D eigenvalue weighted by Gasteiger charge is 2.17. The van der Waals surface area contributed by atoms with Crippen molar-refractivity contribution in [3.63, 3.8) is 0 Å². The second-order valence-electron chi connectivity index (χ2n) is 6.99. The summed E-state index contributed by atoms with van der Waals surface area (Å²) in [6, 6.07) is 2.78. The van der Waals surface area contributed by atoms with Crippen LogP contribution in [0.4, 0.5) is 8.78 Å². The van der Waals surface area contributed by atoms with Gasteiger partial charge in [0.15, 0.2) is 5.65 Å². The van der Waals surface area contributed by atoms with Gasteiger partial charge in [-0.25, -0.2) is 13.8 Å². The molecule has 0 radical (unpaired) electrons. The molecule has 0 atom stereocenters. The van der Waals surface area contributed by atoms with E-state index >= 15 is 0 Å². The zero-order valence-electron chi connectivity index (χ0n) is 16.6. The summed E-state index contributed by atoms with van der Waals surface area (Å²) in [6.45, 7) is 6.05. The highest BCUT2D eigenvalue weighted by Crippen LogP contribution is 2.26. The van der Waals surface area contributed by atoms with Crippen molar-refractivity contribution in [2.75, 3.05) is 0 Å². The summed E-state index contributed by atoms with van der Waals surface area (Å²) < 4.78 is 32.4. The Kier molecular flexibility index (Phi) is 4.81. The molecule has 0 saturated carbocycles. The molecule has 0 amide bonds. The first-order valence-electron chi connectivity index (χ1n) is 9.21. The van der Waals surface area contributed by atoms with Crippen LogP contribution in [0.1, 0.15) is 40.5 Å². The van der Waals surface area contributed by atoms with Crippen LogP contribution in [0.3, 0.4) is 0 Å². The van der Waals surface area contributed by atoms with Gasteiger partial charge in [-0.3, -0.25) is 9.67 Å². The Morgan fingerprint density at radius 2 is 1.86 bits per heavy atom. The van der Waals surface area contributed by atoms with E-state index in [4.69, 9.17) is 9.51 Å². The number of aryl methyl sites for hydroxylation is 5. The Morgan fingerprint density at radius 1 is 1.07 bits per heavy atom. The number of aromatic nitrogens is 6. The fourth-order valence-corrected chi connectivity index (χ4v) is 3.60. The maximum atomic E-state index is 12.6. The first-order valence-corrected chi connectivity index (χ1v) is 9.21. The fraction of sp³-hybridized carbons (Fsp3) is 0.350. The molecule has 0 saturated heterocycles. The minimum absolute atomic E-state index is 0.281. The molecule has 7 nitrogen and oxygen atoms in total. The van der Waals surface area contributed by atoms with Crippen molar-refractivity contribution < 1.29 is 13.3 Å². The lowest BCUT2D eigenvalue weighted by Gasteiger charge is -2.10. The summed E-state index contributed by atoms with van der Waals surface area (Å²) >= 11 is 0. The molecule has 150 valence electrons. The second kappa shape index (κ2) is 7.31. The standard InChI is InChI=1S/C20H20F2N6O/c1-10-14(11(2)24-20-17(10)12(3)26-28(20)4)6-8-16-25-19(27-29-16)13-5-7-15(18(21)22)23-9-13/h5,7,9,18H,6,8H2,1-4H3. The highest BCUT2D eigenvalue weighted by molar-refractivity contribution is 5.83. The van der Waals surface area contributed by atoms with Crippen LogP contribution in [0.15, 0.2) is 22.9 Å². The van der Waals surface area contributed by atoms with E-state index in [9.17, 15) is 8.78 Å². The number of alkyl halides is 2. The van der Waals surface area contributed by atoms with Gasteiger partial charge >= 0.3 is 0 Å². The van der Waals surface area contributed by atoms with Crippen molar-refractivity contribution in [3.8, 4) is 11.4 Å². The van der Waals surface area contributed by atoms with Crippen molar-refractivity contribution >= 4 is 11.0 Å². The molecule has 0 fully saturated rings. The summed E-state index contributed by atoms with van der Waals surface area (Å²) in [5, 5.41) is 9.48. The third-order valence-corrected chi connectivity index (χ3v) is 5.06. The first-order chi connectivity index (χ1) is 13.8. The maximum Gasteiger partial charge on any atom is 0.280 e. The van der Waals surface area contributed by atoms with Crippen LogP contribution >= 0.6 is 0 Å². The summed E-state index contributed by atoms with van der Waals surface area (Å²) in [5.41, 5.74) is 5.32. The van der Waals surface area contributed by atoms with Crippen molar-refractivity contribution in [1.82, 2.24) is 29.9 Å². The van der Waals surface area contributed by atoms with E-state index in [0.717, 1.165) is 33.5 Å². The van der Waals surface area contributed by atoms with E-state index in [1.165, 1.54) is 18.3 Å². The molecule has 0 unspecified atom stereocenters. The van der Waals surface area contributed by atoms with E-state index in [2.05, 4.69) is 27.1 Å². The minimum atomic E-state index is -2.61. The van der Waals surface area contributed by atoms with E-state index in [1.54, 1.807) is 4.68 Å². The van der Waals surface area contributed by atoms with Crippen molar-refractivity contribution in [2.45, 2.75) is 40.0 Å². The molecule has 4 aromatic rings. The van der Waals surface area contributed by atoms with Gasteiger partial charge in [-0.1, -0.05) is 5.16 Å². The summed E-state index contributed by atoms with van der Waals surface area (Å²) in [4.78, 5) is 12.8. The Morgan fingerprint density at radius 3 is 2.55 bits per heavy atom. The molecule has 0 aliphatic rings. The van der Waals surface area contributed by atoms with Gasteiger partial charge in [-0.2, -0.15) is 10.1 Å². The molecular formula is C20H20F2N6O. The molecule has 0 aromatic carbocycles. The zero-order valence-corrected chi connectivity index (χ0v) is 16.6. The van der Waals surface area contributed by atoms with Crippen LogP contribution in [0.5, 0.6) is 0 Å². The fourth-order valence-electron chi connectivity index (χ4n) is 3.60. The number of hydrogen-bond donors (Lipinski definition) is 0. The molecule has 4 rings (SSSR count). The summed E-state index contributed by atoms with van der Waals surface area (Å²) in [6.07, 6.45) is -0.0400. The first kappa shape index (κ1) is 19.1. The lowest BCUT2D eigenvalue weighted by Crippen LogP contribution is -2.02. The monoisotopic (exact) mass is 398 g/mol. The number of fused-ring (bicyclic) bond motifs is 1. The van der Waals surface area contributed by atoms with Gasteiger partial charge in [0.05, 0.1) is 5.69 Å². The van der Waals surface area contributed by atoms with Crippen LogP contribution in [0, 0.1) is 20.8 Å². The smallest absolute Gasteiger partial charge is 0.280 e. The lowest BCUT2D eigenvalue weighted by atomic mass is 9.99. The van der Waals surface area contributed by atoms with Gasteiger partial charge in [0, 0.05) is 36.3 Å². The molecule has 4 heterocycles. The van der Waals surface area contributed by atoms with Gasteiger partial charge in [0.2, 0.25) is 11.7 Å². The summed E-state index contributed by atoms with van der Waals surface area (Å²) in [7, 11) is 1.89. The predicted molar refractivity (Wildman–Crippen MR) is 103 cm³/mol.